The average molecular weight is 319 g/mol. The molecule has 0 spiro atoms. The molecule has 2 aromatic rings. The minimum Gasteiger partial charge on any atom is -0.393 e. The Bertz CT molecular complexity index is 696. The lowest BCUT2D eigenvalue weighted by atomic mass is 10.1. The van der Waals surface area contributed by atoms with Crippen LogP contribution in [0, 0.1) is 18.6 Å². The van der Waals surface area contributed by atoms with Crippen molar-refractivity contribution in [3.05, 3.63) is 40.4 Å². The molecule has 6 heteroatoms. The predicted octanol–water partition coefficient (Wildman–Crippen LogP) is 1.02. The molecule has 1 saturated heterocycles. The molecule has 0 unspecified atom stereocenters. The quantitative estimate of drug-likeness (QED) is 0.831. The molecule has 3 rings (SSSR count). The number of benzene rings is 1. The second kappa shape index (κ2) is 6.32. The molecule has 1 aromatic carbocycles. The normalized spacial score (nSPS) is 22.0. The molecule has 2 heterocycles. The summed E-state index contributed by atoms with van der Waals surface area (Å²) in [5.74, 6) is 0.908. The Morgan fingerprint density at radius 2 is 1.86 bits per heavy atom. The van der Waals surface area contributed by atoms with Crippen molar-refractivity contribution in [2.24, 2.45) is 0 Å². The highest BCUT2D eigenvalue weighted by Gasteiger charge is 2.21. The van der Waals surface area contributed by atoms with Gasteiger partial charge in [-0.1, -0.05) is 17.7 Å². The Morgan fingerprint density at radius 3 is 2.50 bits per heavy atom. The van der Waals surface area contributed by atoms with Crippen LogP contribution in [0.15, 0.2) is 24.3 Å². The number of hydrogen-bond acceptors (Lipinski definition) is 3. The number of aromatic nitrogens is 3. The van der Waals surface area contributed by atoms with Gasteiger partial charge in [-0.3, -0.25) is 4.57 Å². The number of aliphatic hydroxyl groups is 1. The summed E-state index contributed by atoms with van der Waals surface area (Å²) in [7, 11) is 0. The number of quaternary nitrogens is 1. The molecule has 1 aromatic heterocycles. The number of aryl methyl sites for hydroxylation is 2. The number of piperidine rings is 1. The van der Waals surface area contributed by atoms with Crippen molar-refractivity contribution in [2.45, 2.75) is 39.5 Å². The largest absolute Gasteiger partial charge is 0.393 e. The van der Waals surface area contributed by atoms with E-state index in [1.165, 1.54) is 10.5 Å². The van der Waals surface area contributed by atoms with E-state index in [1.54, 1.807) is 0 Å². The fourth-order valence-corrected chi connectivity index (χ4v) is 3.33. The van der Waals surface area contributed by atoms with Crippen LogP contribution in [0.2, 0.25) is 0 Å². The van der Waals surface area contributed by atoms with Crippen molar-refractivity contribution >= 4 is 12.2 Å². The zero-order chi connectivity index (χ0) is 15.7. The summed E-state index contributed by atoms with van der Waals surface area (Å²) in [5, 5.41) is 14.2. The van der Waals surface area contributed by atoms with E-state index < -0.39 is 0 Å². The Labute approximate surface area is 135 Å². The van der Waals surface area contributed by atoms with Gasteiger partial charge < -0.3 is 10.0 Å². The van der Waals surface area contributed by atoms with Crippen LogP contribution in [-0.2, 0) is 6.67 Å². The number of nitrogens with zero attached hydrogens (tertiary/aromatic N) is 3. The number of nitrogens with one attached hydrogen (secondary N) is 1. The standard InChI is InChI=1S/C16H22N4OS/c1-12-3-5-14(6-4-12)20-13(2)17-19(16(20)22)11-18-9-7-15(21)8-10-18/h3-6,15,21H,7-11H2,1-2H3/p+1. The Morgan fingerprint density at radius 1 is 1.23 bits per heavy atom. The first-order valence-corrected chi connectivity index (χ1v) is 8.20. The van der Waals surface area contributed by atoms with Crippen molar-refractivity contribution in [3.8, 4) is 5.69 Å². The minimum atomic E-state index is -0.136. The van der Waals surface area contributed by atoms with Gasteiger partial charge in [0.05, 0.1) is 19.2 Å². The van der Waals surface area contributed by atoms with E-state index in [2.05, 4.69) is 36.3 Å². The third-order valence-electron chi connectivity index (χ3n) is 4.33. The van der Waals surface area contributed by atoms with Crippen LogP contribution in [-0.4, -0.2) is 38.6 Å². The van der Waals surface area contributed by atoms with Crippen molar-refractivity contribution in [2.75, 3.05) is 13.1 Å². The average Bonchev–Trinajstić information content (AvgIpc) is 2.77. The lowest BCUT2D eigenvalue weighted by molar-refractivity contribution is -0.929. The van der Waals surface area contributed by atoms with Crippen LogP contribution < -0.4 is 4.90 Å². The molecule has 5 nitrogen and oxygen atoms in total. The molecule has 118 valence electrons. The molecule has 0 bridgehead atoms. The Kier molecular flexibility index (Phi) is 4.42. The van der Waals surface area contributed by atoms with E-state index >= 15 is 0 Å². The summed E-state index contributed by atoms with van der Waals surface area (Å²) in [6, 6.07) is 8.33. The third-order valence-corrected chi connectivity index (χ3v) is 4.72. The summed E-state index contributed by atoms with van der Waals surface area (Å²) in [4.78, 5) is 1.43. The summed E-state index contributed by atoms with van der Waals surface area (Å²) in [6.45, 7) is 6.78. The van der Waals surface area contributed by atoms with Gasteiger partial charge in [0, 0.05) is 18.5 Å². The fourth-order valence-electron chi connectivity index (χ4n) is 2.99. The maximum absolute atomic E-state index is 9.61. The minimum absolute atomic E-state index is 0.136. The van der Waals surface area contributed by atoms with Crippen molar-refractivity contribution in [3.63, 3.8) is 0 Å². The van der Waals surface area contributed by atoms with Crippen molar-refractivity contribution in [1.29, 1.82) is 0 Å². The Balaban J connectivity index is 1.84. The van der Waals surface area contributed by atoms with E-state index in [0.717, 1.165) is 48.9 Å². The SMILES string of the molecule is Cc1ccc(-n2c(C)nn(C[NH+]3CCC(O)CC3)c2=S)cc1. The first-order chi connectivity index (χ1) is 10.5. The van der Waals surface area contributed by atoms with Crippen molar-refractivity contribution in [1.82, 2.24) is 14.3 Å². The lowest BCUT2D eigenvalue weighted by Gasteiger charge is -2.26. The molecule has 0 atom stereocenters. The summed E-state index contributed by atoms with van der Waals surface area (Å²) < 4.78 is 4.67. The molecule has 22 heavy (non-hydrogen) atoms. The van der Waals surface area contributed by atoms with Gasteiger partial charge in [0.1, 0.15) is 5.82 Å². The fraction of sp³-hybridized carbons (Fsp3) is 0.500. The molecule has 0 amide bonds. The second-order valence-corrected chi connectivity index (χ2v) is 6.50. The van der Waals surface area contributed by atoms with Crippen LogP contribution in [0.5, 0.6) is 0 Å². The maximum Gasteiger partial charge on any atom is 0.207 e. The van der Waals surface area contributed by atoms with Crippen molar-refractivity contribution < 1.29 is 10.0 Å². The second-order valence-electron chi connectivity index (χ2n) is 6.14. The predicted molar refractivity (Wildman–Crippen MR) is 87.8 cm³/mol. The molecule has 0 saturated carbocycles. The van der Waals surface area contributed by atoms with Crippen LogP contribution >= 0.6 is 12.2 Å². The molecule has 1 fully saturated rings. The zero-order valence-electron chi connectivity index (χ0n) is 13.1. The van der Waals surface area contributed by atoms with Crippen LogP contribution in [0.1, 0.15) is 24.2 Å². The highest BCUT2D eigenvalue weighted by Crippen LogP contribution is 2.13. The van der Waals surface area contributed by atoms with Gasteiger partial charge in [0.15, 0.2) is 6.67 Å². The van der Waals surface area contributed by atoms with Crippen LogP contribution in [0.4, 0.5) is 0 Å². The zero-order valence-corrected chi connectivity index (χ0v) is 13.9. The molecule has 1 aliphatic rings. The van der Waals surface area contributed by atoms with Gasteiger partial charge in [-0.05, 0) is 38.2 Å². The van der Waals surface area contributed by atoms with E-state index in [0.29, 0.717) is 0 Å². The van der Waals surface area contributed by atoms with Gasteiger partial charge in [-0.25, -0.2) is 0 Å². The van der Waals surface area contributed by atoms with Gasteiger partial charge in [-0.15, -0.1) is 0 Å². The summed E-state index contributed by atoms with van der Waals surface area (Å²) in [6.07, 6.45) is 1.59. The number of likely N-dealkylation sites (tertiary alicyclic amines) is 1. The molecular weight excluding hydrogens is 296 g/mol. The van der Waals surface area contributed by atoms with E-state index in [9.17, 15) is 5.11 Å². The van der Waals surface area contributed by atoms with E-state index in [4.69, 9.17) is 12.2 Å². The third kappa shape index (κ3) is 3.14. The molecule has 2 N–H and O–H groups in total. The monoisotopic (exact) mass is 319 g/mol. The molecular formula is C16H23N4OS+. The molecule has 0 aliphatic carbocycles. The first kappa shape index (κ1) is 15.4. The van der Waals surface area contributed by atoms with E-state index in [-0.39, 0.29) is 6.10 Å². The molecule has 0 radical (unpaired) electrons. The van der Waals surface area contributed by atoms with Gasteiger partial charge in [0.25, 0.3) is 0 Å². The number of rotatable bonds is 3. The number of hydrogen-bond donors (Lipinski definition) is 2. The smallest absolute Gasteiger partial charge is 0.207 e. The highest BCUT2D eigenvalue weighted by molar-refractivity contribution is 7.71. The summed E-state index contributed by atoms with van der Waals surface area (Å²) in [5.41, 5.74) is 2.29. The van der Waals surface area contributed by atoms with Crippen LogP contribution in [0.3, 0.4) is 0 Å². The van der Waals surface area contributed by atoms with Gasteiger partial charge in [0.2, 0.25) is 4.77 Å². The Hall–Kier alpha value is -1.50. The number of aliphatic hydroxyl groups excluding tert-OH is 1. The van der Waals surface area contributed by atoms with Gasteiger partial charge >= 0.3 is 0 Å². The van der Waals surface area contributed by atoms with E-state index in [1.807, 2.05) is 16.2 Å². The maximum atomic E-state index is 9.61. The van der Waals surface area contributed by atoms with Gasteiger partial charge in [-0.2, -0.15) is 9.78 Å². The summed E-state index contributed by atoms with van der Waals surface area (Å²) >= 11 is 5.62. The molecule has 1 aliphatic heterocycles. The van der Waals surface area contributed by atoms with Crippen LogP contribution in [0.25, 0.3) is 5.69 Å². The topological polar surface area (TPSA) is 47.4 Å². The lowest BCUT2D eigenvalue weighted by Crippen LogP contribution is -3.12. The highest BCUT2D eigenvalue weighted by atomic mass is 32.1. The first-order valence-electron chi connectivity index (χ1n) is 7.80.